The van der Waals surface area contributed by atoms with Gasteiger partial charge in [0.05, 0.1) is 5.54 Å². The summed E-state index contributed by atoms with van der Waals surface area (Å²) in [7, 11) is 0. The average molecular weight is 184 g/mol. The molecular weight excluding hydrogens is 168 g/mol. The summed E-state index contributed by atoms with van der Waals surface area (Å²) in [6.07, 6.45) is 3.24. The summed E-state index contributed by atoms with van der Waals surface area (Å²) in [5.74, 6) is 0. The van der Waals surface area contributed by atoms with Gasteiger partial charge in [0.2, 0.25) is 0 Å². The molecule has 0 aromatic heterocycles. The summed E-state index contributed by atoms with van der Waals surface area (Å²) in [4.78, 5) is 13.3. The van der Waals surface area contributed by atoms with E-state index in [2.05, 4.69) is 0 Å². The minimum Gasteiger partial charge on any atom is -0.447 e. The van der Waals surface area contributed by atoms with Crippen LogP contribution in [0.25, 0.3) is 0 Å². The third-order valence-corrected chi connectivity index (χ3v) is 3.16. The third kappa shape index (κ3) is 1.20. The van der Waals surface area contributed by atoms with Gasteiger partial charge in [-0.05, 0) is 26.2 Å². The Morgan fingerprint density at radius 1 is 1.69 bits per heavy atom. The van der Waals surface area contributed by atoms with Crippen LogP contribution in [0.15, 0.2) is 0 Å². The molecule has 0 radical (unpaired) electrons. The van der Waals surface area contributed by atoms with Crippen molar-refractivity contribution in [3.05, 3.63) is 0 Å². The fourth-order valence-electron chi connectivity index (χ4n) is 1.97. The number of carbonyl (C=O) groups is 1. The standard InChI is InChI=1S/C9H16N2O2/c1-9(5-10)6-13-8(12)11(9)7-3-2-4-7/h7H,2-6,10H2,1H3. The predicted octanol–water partition coefficient (Wildman–Crippen LogP) is 0.708. The van der Waals surface area contributed by atoms with Crippen LogP contribution in [-0.4, -0.2) is 35.7 Å². The number of carbonyl (C=O) groups excluding carboxylic acids is 1. The second-order valence-corrected chi connectivity index (χ2v) is 4.21. The largest absolute Gasteiger partial charge is 0.447 e. The minimum atomic E-state index is -0.262. The van der Waals surface area contributed by atoms with Gasteiger partial charge in [-0.1, -0.05) is 0 Å². The Morgan fingerprint density at radius 3 is 2.85 bits per heavy atom. The fraction of sp³-hybridized carbons (Fsp3) is 0.889. The van der Waals surface area contributed by atoms with Crippen molar-refractivity contribution >= 4 is 6.09 Å². The number of rotatable bonds is 2. The molecule has 1 amide bonds. The number of nitrogens with zero attached hydrogens (tertiary/aromatic N) is 1. The van der Waals surface area contributed by atoms with Crippen LogP contribution in [0.5, 0.6) is 0 Å². The quantitative estimate of drug-likeness (QED) is 0.687. The van der Waals surface area contributed by atoms with Crippen molar-refractivity contribution in [2.24, 2.45) is 5.73 Å². The Morgan fingerprint density at radius 2 is 2.38 bits per heavy atom. The van der Waals surface area contributed by atoms with Gasteiger partial charge in [0.25, 0.3) is 0 Å². The summed E-state index contributed by atoms with van der Waals surface area (Å²) in [5.41, 5.74) is 5.40. The number of hydrogen-bond donors (Lipinski definition) is 1. The lowest BCUT2D eigenvalue weighted by Gasteiger charge is -2.41. The highest BCUT2D eigenvalue weighted by molar-refractivity contribution is 5.71. The lowest BCUT2D eigenvalue weighted by atomic mass is 9.88. The second kappa shape index (κ2) is 2.87. The normalized spacial score (nSPS) is 34.6. The van der Waals surface area contributed by atoms with Crippen LogP contribution >= 0.6 is 0 Å². The maximum absolute atomic E-state index is 11.4. The molecule has 4 nitrogen and oxygen atoms in total. The van der Waals surface area contributed by atoms with E-state index >= 15 is 0 Å². The maximum Gasteiger partial charge on any atom is 0.410 e. The highest BCUT2D eigenvalue weighted by Gasteiger charge is 2.47. The zero-order valence-electron chi connectivity index (χ0n) is 7.95. The van der Waals surface area contributed by atoms with E-state index in [1.165, 1.54) is 6.42 Å². The predicted molar refractivity (Wildman–Crippen MR) is 48.3 cm³/mol. The van der Waals surface area contributed by atoms with Gasteiger partial charge in [0.15, 0.2) is 0 Å². The molecule has 1 aliphatic heterocycles. The number of nitrogens with two attached hydrogens (primary N) is 1. The Bertz CT molecular complexity index is 228. The van der Waals surface area contributed by atoms with E-state index in [1.54, 1.807) is 0 Å². The summed E-state index contributed by atoms with van der Waals surface area (Å²) in [6, 6.07) is 0.378. The molecule has 1 saturated carbocycles. The van der Waals surface area contributed by atoms with E-state index in [0.717, 1.165) is 12.8 Å². The molecule has 74 valence electrons. The fourth-order valence-corrected chi connectivity index (χ4v) is 1.97. The molecule has 1 aliphatic carbocycles. The first kappa shape index (κ1) is 8.81. The zero-order valence-corrected chi connectivity index (χ0v) is 7.95. The Hall–Kier alpha value is -0.770. The van der Waals surface area contributed by atoms with Crippen LogP contribution in [0, 0.1) is 0 Å². The average Bonchev–Trinajstić information content (AvgIpc) is 2.31. The molecule has 0 bridgehead atoms. The first-order valence-electron chi connectivity index (χ1n) is 4.83. The van der Waals surface area contributed by atoms with Gasteiger partial charge in [0.1, 0.15) is 6.61 Å². The van der Waals surface area contributed by atoms with Crippen LogP contribution in [-0.2, 0) is 4.74 Å². The molecule has 1 saturated heterocycles. The number of ether oxygens (including phenoxy) is 1. The highest BCUT2D eigenvalue weighted by atomic mass is 16.6. The van der Waals surface area contributed by atoms with Gasteiger partial charge in [-0.15, -0.1) is 0 Å². The zero-order chi connectivity index (χ0) is 9.47. The number of amides is 1. The molecule has 2 rings (SSSR count). The van der Waals surface area contributed by atoms with Crippen LogP contribution in [0.2, 0.25) is 0 Å². The van der Waals surface area contributed by atoms with Crippen molar-refractivity contribution in [2.45, 2.75) is 37.8 Å². The molecule has 0 spiro atoms. The third-order valence-electron chi connectivity index (χ3n) is 3.16. The molecule has 1 unspecified atom stereocenters. The number of cyclic esters (lactones) is 1. The van der Waals surface area contributed by atoms with Gasteiger partial charge < -0.3 is 10.5 Å². The minimum absolute atomic E-state index is 0.183. The molecule has 13 heavy (non-hydrogen) atoms. The first-order valence-corrected chi connectivity index (χ1v) is 4.83. The first-order chi connectivity index (χ1) is 6.17. The monoisotopic (exact) mass is 184 g/mol. The summed E-state index contributed by atoms with van der Waals surface area (Å²) >= 11 is 0. The van der Waals surface area contributed by atoms with Crippen molar-refractivity contribution in [1.82, 2.24) is 4.90 Å². The van der Waals surface area contributed by atoms with E-state index < -0.39 is 0 Å². The number of hydrogen-bond acceptors (Lipinski definition) is 3. The van der Waals surface area contributed by atoms with E-state index in [4.69, 9.17) is 10.5 Å². The molecule has 1 atom stereocenters. The van der Waals surface area contributed by atoms with E-state index in [0.29, 0.717) is 19.2 Å². The van der Waals surface area contributed by atoms with Gasteiger partial charge in [-0.2, -0.15) is 0 Å². The molecule has 2 N–H and O–H groups in total. The lowest BCUT2D eigenvalue weighted by molar-refractivity contribution is 0.0894. The van der Waals surface area contributed by atoms with Crippen LogP contribution in [0.1, 0.15) is 26.2 Å². The smallest absolute Gasteiger partial charge is 0.410 e. The highest BCUT2D eigenvalue weighted by Crippen LogP contribution is 2.34. The van der Waals surface area contributed by atoms with Crippen molar-refractivity contribution in [2.75, 3.05) is 13.2 Å². The second-order valence-electron chi connectivity index (χ2n) is 4.21. The molecule has 2 aliphatic rings. The topological polar surface area (TPSA) is 55.6 Å². The summed E-state index contributed by atoms with van der Waals surface area (Å²) in [5, 5.41) is 0. The van der Waals surface area contributed by atoms with E-state index in [9.17, 15) is 4.79 Å². The summed E-state index contributed by atoms with van der Waals surface area (Å²) < 4.78 is 5.04. The van der Waals surface area contributed by atoms with Crippen molar-refractivity contribution in [1.29, 1.82) is 0 Å². The molecular formula is C9H16N2O2. The van der Waals surface area contributed by atoms with E-state index in [1.807, 2.05) is 11.8 Å². The van der Waals surface area contributed by atoms with Gasteiger partial charge in [-0.3, -0.25) is 4.90 Å². The maximum atomic E-state index is 11.4. The molecule has 1 heterocycles. The SMILES string of the molecule is CC1(CN)COC(=O)N1C1CCC1. The van der Waals surface area contributed by atoms with Gasteiger partial charge in [-0.25, -0.2) is 4.79 Å². The lowest BCUT2D eigenvalue weighted by Crippen LogP contribution is -2.56. The molecule has 2 fully saturated rings. The van der Waals surface area contributed by atoms with Crippen LogP contribution < -0.4 is 5.73 Å². The Kier molecular flexibility index (Phi) is 1.95. The van der Waals surface area contributed by atoms with Crippen LogP contribution in [0.4, 0.5) is 4.79 Å². The molecule has 4 heteroatoms. The van der Waals surface area contributed by atoms with Crippen molar-refractivity contribution in [3.63, 3.8) is 0 Å². The van der Waals surface area contributed by atoms with Gasteiger partial charge >= 0.3 is 6.09 Å². The van der Waals surface area contributed by atoms with Gasteiger partial charge in [0, 0.05) is 12.6 Å². The molecule has 0 aromatic carbocycles. The summed E-state index contributed by atoms with van der Waals surface area (Å²) in [6.45, 7) is 2.92. The van der Waals surface area contributed by atoms with Crippen molar-refractivity contribution < 1.29 is 9.53 Å². The Balaban J connectivity index is 2.15. The Labute approximate surface area is 78.0 Å². The van der Waals surface area contributed by atoms with E-state index in [-0.39, 0.29) is 11.6 Å². The molecule has 0 aromatic rings. The van der Waals surface area contributed by atoms with Crippen molar-refractivity contribution in [3.8, 4) is 0 Å². The van der Waals surface area contributed by atoms with Crippen LogP contribution in [0.3, 0.4) is 0 Å².